The van der Waals surface area contributed by atoms with Crippen LogP contribution >= 0.6 is 0 Å². The van der Waals surface area contributed by atoms with Gasteiger partial charge in [-0.15, -0.1) is 0 Å². The first-order valence-corrected chi connectivity index (χ1v) is 8.31. The van der Waals surface area contributed by atoms with E-state index in [4.69, 9.17) is 4.42 Å². The molecule has 0 spiro atoms. The number of aromatic nitrogens is 1. The summed E-state index contributed by atoms with van der Waals surface area (Å²) >= 11 is 0. The summed E-state index contributed by atoms with van der Waals surface area (Å²) in [5.74, 6) is 1.73. The molecule has 0 aliphatic carbocycles. The number of oxazole rings is 1. The Kier molecular flexibility index (Phi) is 5.42. The van der Waals surface area contributed by atoms with Gasteiger partial charge in [-0.25, -0.2) is 4.98 Å². The molecule has 0 unspecified atom stereocenters. The van der Waals surface area contributed by atoms with Crippen molar-refractivity contribution in [2.45, 2.75) is 25.7 Å². The van der Waals surface area contributed by atoms with Gasteiger partial charge in [0.1, 0.15) is 0 Å². The molecule has 23 heavy (non-hydrogen) atoms. The Balaban J connectivity index is 1.47. The second-order valence-corrected chi connectivity index (χ2v) is 5.82. The lowest BCUT2D eigenvalue weighted by molar-refractivity contribution is -0.131. The van der Waals surface area contributed by atoms with E-state index in [0.717, 1.165) is 50.3 Å². The van der Waals surface area contributed by atoms with E-state index in [1.54, 1.807) is 6.20 Å². The van der Waals surface area contributed by atoms with Crippen LogP contribution in [0.4, 0.5) is 0 Å². The first-order valence-electron chi connectivity index (χ1n) is 8.31. The Hall–Kier alpha value is -2.14. The van der Waals surface area contributed by atoms with Gasteiger partial charge in [0.25, 0.3) is 0 Å². The molecule has 1 N–H and O–H groups in total. The molecule has 1 aliphatic rings. The number of hydrogen-bond donors (Lipinski definition) is 1. The number of nitrogens with zero attached hydrogens (tertiary/aromatic N) is 2. The van der Waals surface area contributed by atoms with E-state index in [9.17, 15) is 4.79 Å². The Morgan fingerprint density at radius 1 is 1.22 bits per heavy atom. The van der Waals surface area contributed by atoms with E-state index in [1.807, 2.05) is 35.2 Å². The second-order valence-electron chi connectivity index (χ2n) is 5.82. The van der Waals surface area contributed by atoms with Gasteiger partial charge in [-0.1, -0.05) is 30.3 Å². The van der Waals surface area contributed by atoms with Crippen LogP contribution in [0.2, 0.25) is 0 Å². The predicted molar refractivity (Wildman–Crippen MR) is 88.9 cm³/mol. The maximum atomic E-state index is 12.2. The van der Waals surface area contributed by atoms with Crippen LogP contribution in [0.25, 0.3) is 11.3 Å². The summed E-state index contributed by atoms with van der Waals surface area (Å²) in [6.45, 7) is 3.58. The smallest absolute Gasteiger partial charge is 0.222 e. The molecular formula is C18H23N3O2. The molecule has 1 aromatic heterocycles. The molecule has 3 rings (SSSR count). The lowest BCUT2D eigenvalue weighted by Gasteiger charge is -2.19. The van der Waals surface area contributed by atoms with E-state index < -0.39 is 0 Å². The quantitative estimate of drug-likeness (QED) is 0.921. The van der Waals surface area contributed by atoms with E-state index in [2.05, 4.69) is 10.3 Å². The average Bonchev–Trinajstić information content (AvgIpc) is 2.89. The molecule has 1 fully saturated rings. The Bertz CT molecular complexity index is 616. The third kappa shape index (κ3) is 4.42. The molecule has 5 nitrogen and oxygen atoms in total. The first-order chi connectivity index (χ1) is 11.3. The predicted octanol–water partition coefficient (Wildman–Crippen LogP) is 2.49. The fourth-order valence-corrected chi connectivity index (χ4v) is 2.81. The van der Waals surface area contributed by atoms with Gasteiger partial charge in [0, 0.05) is 38.0 Å². The molecular weight excluding hydrogens is 290 g/mol. The van der Waals surface area contributed by atoms with Crippen molar-refractivity contribution in [1.82, 2.24) is 15.2 Å². The number of aryl methyl sites for hydroxylation is 1. The van der Waals surface area contributed by atoms with Crippen LogP contribution < -0.4 is 5.32 Å². The van der Waals surface area contributed by atoms with E-state index in [-0.39, 0.29) is 5.91 Å². The highest BCUT2D eigenvalue weighted by molar-refractivity contribution is 5.76. The number of hydrogen-bond acceptors (Lipinski definition) is 4. The van der Waals surface area contributed by atoms with Crippen LogP contribution in [0.5, 0.6) is 0 Å². The van der Waals surface area contributed by atoms with Gasteiger partial charge in [0.15, 0.2) is 11.7 Å². The molecule has 1 saturated heterocycles. The van der Waals surface area contributed by atoms with Crippen LogP contribution in [0.15, 0.2) is 40.9 Å². The van der Waals surface area contributed by atoms with Crippen molar-refractivity contribution >= 4 is 5.91 Å². The van der Waals surface area contributed by atoms with Gasteiger partial charge in [0.05, 0.1) is 6.20 Å². The molecule has 2 aromatic rings. The Labute approximate surface area is 136 Å². The highest BCUT2D eigenvalue weighted by Gasteiger charge is 2.15. The summed E-state index contributed by atoms with van der Waals surface area (Å²) in [6.07, 6.45) is 4.82. The van der Waals surface area contributed by atoms with Crippen LogP contribution in [0.1, 0.15) is 25.2 Å². The normalized spacial score (nSPS) is 15.4. The summed E-state index contributed by atoms with van der Waals surface area (Å²) in [4.78, 5) is 18.5. The van der Waals surface area contributed by atoms with Gasteiger partial charge in [-0.3, -0.25) is 4.79 Å². The minimum atomic E-state index is 0.239. The largest absolute Gasteiger partial charge is 0.441 e. The van der Waals surface area contributed by atoms with Crippen molar-refractivity contribution in [3.05, 3.63) is 42.4 Å². The van der Waals surface area contributed by atoms with Crippen molar-refractivity contribution in [1.29, 1.82) is 0 Å². The van der Waals surface area contributed by atoms with Crippen LogP contribution in [0, 0.1) is 0 Å². The molecule has 1 aromatic carbocycles. The van der Waals surface area contributed by atoms with Crippen LogP contribution in [0.3, 0.4) is 0 Å². The van der Waals surface area contributed by atoms with E-state index in [1.165, 1.54) is 0 Å². The first kappa shape index (κ1) is 15.7. The van der Waals surface area contributed by atoms with Crippen molar-refractivity contribution in [3.63, 3.8) is 0 Å². The summed E-state index contributed by atoms with van der Waals surface area (Å²) in [5.41, 5.74) is 1.03. The van der Waals surface area contributed by atoms with E-state index in [0.29, 0.717) is 18.7 Å². The molecule has 1 aliphatic heterocycles. The van der Waals surface area contributed by atoms with Gasteiger partial charge >= 0.3 is 0 Å². The molecule has 0 radical (unpaired) electrons. The molecule has 5 heteroatoms. The third-order valence-corrected chi connectivity index (χ3v) is 4.09. The number of nitrogens with one attached hydrogen (secondary N) is 1. The molecule has 0 atom stereocenters. The van der Waals surface area contributed by atoms with Crippen LogP contribution in [-0.2, 0) is 11.2 Å². The van der Waals surface area contributed by atoms with Crippen molar-refractivity contribution in [2.75, 3.05) is 26.2 Å². The molecule has 122 valence electrons. The Morgan fingerprint density at radius 2 is 2.09 bits per heavy atom. The average molecular weight is 313 g/mol. The maximum Gasteiger partial charge on any atom is 0.222 e. The lowest BCUT2D eigenvalue weighted by atomic mass is 10.2. The second kappa shape index (κ2) is 7.92. The highest BCUT2D eigenvalue weighted by Crippen LogP contribution is 2.20. The fourth-order valence-electron chi connectivity index (χ4n) is 2.81. The van der Waals surface area contributed by atoms with Crippen molar-refractivity contribution < 1.29 is 9.21 Å². The fraction of sp³-hybridized carbons (Fsp3) is 0.444. The maximum absolute atomic E-state index is 12.2. The SMILES string of the molecule is O=C(CCCc1ncc(-c2ccccc2)o1)N1CCCNCC1. The molecule has 2 heterocycles. The molecule has 0 saturated carbocycles. The standard InChI is InChI=1S/C18H23N3O2/c22-18(21-12-5-10-19-11-13-21)9-4-8-17-20-14-16(23-17)15-6-2-1-3-7-15/h1-3,6-7,14,19H,4-5,8-13H2. The zero-order valence-corrected chi connectivity index (χ0v) is 13.3. The van der Waals surface area contributed by atoms with Crippen molar-refractivity contribution in [2.24, 2.45) is 0 Å². The van der Waals surface area contributed by atoms with Gasteiger partial charge in [0.2, 0.25) is 5.91 Å². The van der Waals surface area contributed by atoms with Crippen molar-refractivity contribution in [3.8, 4) is 11.3 Å². The number of benzene rings is 1. The summed E-state index contributed by atoms with van der Waals surface area (Å²) in [7, 11) is 0. The minimum Gasteiger partial charge on any atom is -0.441 e. The number of rotatable bonds is 5. The summed E-state index contributed by atoms with van der Waals surface area (Å²) in [6, 6.07) is 9.94. The van der Waals surface area contributed by atoms with Gasteiger partial charge in [-0.05, 0) is 19.4 Å². The third-order valence-electron chi connectivity index (χ3n) is 4.09. The minimum absolute atomic E-state index is 0.239. The monoisotopic (exact) mass is 313 g/mol. The topological polar surface area (TPSA) is 58.4 Å². The highest BCUT2D eigenvalue weighted by atomic mass is 16.4. The number of amides is 1. The number of carbonyl (C=O) groups excluding carboxylic acids is 1. The number of carbonyl (C=O) groups is 1. The summed E-state index contributed by atoms with van der Waals surface area (Å²) < 4.78 is 5.77. The van der Waals surface area contributed by atoms with E-state index >= 15 is 0 Å². The van der Waals surface area contributed by atoms with Gasteiger partial charge in [-0.2, -0.15) is 0 Å². The van der Waals surface area contributed by atoms with Crippen LogP contribution in [-0.4, -0.2) is 42.0 Å². The molecule has 1 amide bonds. The zero-order valence-electron chi connectivity index (χ0n) is 13.3. The lowest BCUT2D eigenvalue weighted by Crippen LogP contribution is -2.34. The summed E-state index contributed by atoms with van der Waals surface area (Å²) in [5, 5.41) is 3.31. The zero-order chi connectivity index (χ0) is 15.9. The van der Waals surface area contributed by atoms with Gasteiger partial charge < -0.3 is 14.6 Å². The Morgan fingerprint density at radius 3 is 2.96 bits per heavy atom. The molecule has 0 bridgehead atoms.